The first kappa shape index (κ1) is 25.9. The van der Waals surface area contributed by atoms with Gasteiger partial charge in [-0.25, -0.2) is 9.97 Å². The molecule has 1 aliphatic heterocycles. The predicted molar refractivity (Wildman–Crippen MR) is 142 cm³/mol. The van der Waals surface area contributed by atoms with Crippen LogP contribution in [0.2, 0.25) is 5.02 Å². The maximum atomic E-state index is 13.1. The minimum Gasteiger partial charge on any atom is -0.339 e. The van der Waals surface area contributed by atoms with E-state index < -0.39 is 11.8 Å². The summed E-state index contributed by atoms with van der Waals surface area (Å²) >= 11 is 8.91. The second-order valence-electron chi connectivity index (χ2n) is 7.98. The molecule has 36 heavy (non-hydrogen) atoms. The van der Waals surface area contributed by atoms with Crippen molar-refractivity contribution in [2.75, 3.05) is 18.8 Å². The molecule has 3 heterocycles. The molecule has 2 aromatic heterocycles. The maximum Gasteiger partial charge on any atom is 0.289 e. The lowest BCUT2D eigenvalue weighted by molar-refractivity contribution is 0.0708. The fraction of sp³-hybridized carbons (Fsp3) is 0.240. The van der Waals surface area contributed by atoms with E-state index in [1.54, 1.807) is 48.0 Å². The highest BCUT2D eigenvalue weighted by Crippen LogP contribution is 2.31. The van der Waals surface area contributed by atoms with E-state index in [1.165, 1.54) is 23.1 Å². The van der Waals surface area contributed by atoms with E-state index >= 15 is 0 Å². The van der Waals surface area contributed by atoms with Crippen molar-refractivity contribution in [3.8, 4) is 0 Å². The number of piperidine rings is 1. The standard InChI is InChI=1S/C25H24ClN5O3S2/c1-2-14-35-24-18(7-5-11-27-24)25(34)31-12-9-16(10-13-31)23-28-20(15-36-23)22(33)30-29-21(32)17-6-3-4-8-19(17)26/h2-8,11,15-16H,1,9-10,12-14H2,(H,29,32)(H,30,33). The summed E-state index contributed by atoms with van der Waals surface area (Å²) in [6.45, 7) is 4.92. The minimum absolute atomic E-state index is 0.0263. The van der Waals surface area contributed by atoms with Crippen LogP contribution >= 0.6 is 34.7 Å². The number of nitrogens with one attached hydrogen (secondary N) is 2. The first-order valence-corrected chi connectivity index (χ1v) is 13.5. The van der Waals surface area contributed by atoms with Crippen LogP contribution in [0.15, 0.2) is 65.7 Å². The zero-order valence-electron chi connectivity index (χ0n) is 19.3. The number of likely N-dealkylation sites (tertiary alicyclic amines) is 1. The van der Waals surface area contributed by atoms with Gasteiger partial charge in [-0.05, 0) is 37.1 Å². The Bertz CT molecular complexity index is 1270. The molecule has 1 saturated heterocycles. The first-order chi connectivity index (χ1) is 17.5. The van der Waals surface area contributed by atoms with Gasteiger partial charge in [0.25, 0.3) is 17.7 Å². The summed E-state index contributed by atoms with van der Waals surface area (Å²) < 4.78 is 0. The summed E-state index contributed by atoms with van der Waals surface area (Å²) in [5.74, 6) is -0.209. The van der Waals surface area contributed by atoms with Crippen LogP contribution < -0.4 is 10.9 Å². The van der Waals surface area contributed by atoms with Crippen molar-refractivity contribution >= 4 is 52.4 Å². The summed E-state index contributed by atoms with van der Waals surface area (Å²) in [5, 5.41) is 3.51. The third-order valence-corrected chi connectivity index (χ3v) is 7.97. The highest BCUT2D eigenvalue weighted by atomic mass is 35.5. The van der Waals surface area contributed by atoms with Gasteiger partial charge in [-0.2, -0.15) is 0 Å². The van der Waals surface area contributed by atoms with E-state index in [0.29, 0.717) is 34.5 Å². The van der Waals surface area contributed by atoms with Crippen LogP contribution in [0.1, 0.15) is 55.0 Å². The average Bonchev–Trinajstić information content (AvgIpc) is 3.41. The summed E-state index contributed by atoms with van der Waals surface area (Å²) in [7, 11) is 0. The Morgan fingerprint density at radius 2 is 1.83 bits per heavy atom. The lowest BCUT2D eigenvalue weighted by Crippen LogP contribution is -2.42. The quantitative estimate of drug-likeness (QED) is 0.258. The normalized spacial score (nSPS) is 13.8. The molecule has 11 heteroatoms. The number of carbonyl (C=O) groups is 3. The number of benzene rings is 1. The Hall–Kier alpha value is -3.21. The van der Waals surface area contributed by atoms with Crippen molar-refractivity contribution in [3.63, 3.8) is 0 Å². The molecule has 0 saturated carbocycles. The van der Waals surface area contributed by atoms with Crippen molar-refractivity contribution in [1.82, 2.24) is 25.7 Å². The van der Waals surface area contributed by atoms with Crippen LogP contribution in [0.3, 0.4) is 0 Å². The Morgan fingerprint density at radius 1 is 1.11 bits per heavy atom. The van der Waals surface area contributed by atoms with Crippen LogP contribution in [-0.2, 0) is 0 Å². The lowest BCUT2D eigenvalue weighted by atomic mass is 9.97. The van der Waals surface area contributed by atoms with Gasteiger partial charge in [-0.1, -0.05) is 29.8 Å². The van der Waals surface area contributed by atoms with Gasteiger partial charge < -0.3 is 4.90 Å². The number of amides is 3. The van der Waals surface area contributed by atoms with Crippen molar-refractivity contribution in [2.45, 2.75) is 23.8 Å². The largest absolute Gasteiger partial charge is 0.339 e. The number of thioether (sulfide) groups is 1. The Labute approximate surface area is 222 Å². The second-order valence-corrected chi connectivity index (χ2v) is 10.3. The molecule has 0 bridgehead atoms. The van der Waals surface area contributed by atoms with Crippen LogP contribution in [0.5, 0.6) is 0 Å². The van der Waals surface area contributed by atoms with Crippen LogP contribution in [-0.4, -0.2) is 51.4 Å². The molecule has 1 fully saturated rings. The van der Waals surface area contributed by atoms with Gasteiger partial charge in [0.2, 0.25) is 0 Å². The average molecular weight is 542 g/mol. The van der Waals surface area contributed by atoms with Gasteiger partial charge in [0.05, 0.1) is 21.2 Å². The highest BCUT2D eigenvalue weighted by molar-refractivity contribution is 7.99. The van der Waals surface area contributed by atoms with Gasteiger partial charge in [-0.15, -0.1) is 29.7 Å². The molecule has 0 unspecified atom stereocenters. The molecule has 1 aromatic carbocycles. The maximum absolute atomic E-state index is 13.1. The highest BCUT2D eigenvalue weighted by Gasteiger charge is 2.28. The zero-order valence-corrected chi connectivity index (χ0v) is 21.7. The topological polar surface area (TPSA) is 104 Å². The molecule has 1 aliphatic rings. The summed E-state index contributed by atoms with van der Waals surface area (Å²) in [6, 6.07) is 10.2. The molecule has 8 nitrogen and oxygen atoms in total. The molecule has 4 rings (SSSR count). The van der Waals surface area contributed by atoms with Crippen LogP contribution in [0.4, 0.5) is 0 Å². The smallest absolute Gasteiger partial charge is 0.289 e. The molecule has 0 radical (unpaired) electrons. The number of nitrogens with zero attached hydrogens (tertiary/aromatic N) is 3. The predicted octanol–water partition coefficient (Wildman–Crippen LogP) is 4.56. The first-order valence-electron chi connectivity index (χ1n) is 11.3. The number of hydrazine groups is 1. The van der Waals surface area contributed by atoms with E-state index in [2.05, 4.69) is 27.4 Å². The zero-order chi connectivity index (χ0) is 25.5. The van der Waals surface area contributed by atoms with Crippen molar-refractivity contribution in [3.05, 3.63) is 87.5 Å². The van der Waals surface area contributed by atoms with E-state index in [-0.39, 0.29) is 23.1 Å². The van der Waals surface area contributed by atoms with Crippen molar-refractivity contribution in [2.24, 2.45) is 0 Å². The number of hydrogen-bond acceptors (Lipinski definition) is 7. The fourth-order valence-corrected chi connectivity index (χ4v) is 5.69. The van der Waals surface area contributed by atoms with Crippen LogP contribution in [0.25, 0.3) is 0 Å². The minimum atomic E-state index is -0.513. The molecule has 186 valence electrons. The van der Waals surface area contributed by atoms with Crippen molar-refractivity contribution in [1.29, 1.82) is 0 Å². The van der Waals surface area contributed by atoms with E-state index in [4.69, 9.17) is 11.6 Å². The van der Waals surface area contributed by atoms with Gasteiger partial charge in [0.15, 0.2) is 0 Å². The SMILES string of the molecule is C=CCSc1ncccc1C(=O)N1CCC(c2nc(C(=O)NNC(=O)c3ccccc3Cl)cs2)CC1. The summed E-state index contributed by atoms with van der Waals surface area (Å²) in [5.41, 5.74) is 5.84. The fourth-order valence-electron chi connectivity index (χ4n) is 3.78. The molecule has 3 aromatic rings. The van der Waals surface area contributed by atoms with E-state index in [1.807, 2.05) is 11.0 Å². The number of hydrogen-bond donors (Lipinski definition) is 2. The molecular formula is C25H24ClN5O3S2. The number of pyridine rings is 1. The van der Waals surface area contributed by atoms with Gasteiger partial charge in [0, 0.05) is 36.3 Å². The second kappa shape index (κ2) is 12.2. The van der Waals surface area contributed by atoms with Gasteiger partial charge in [0.1, 0.15) is 10.7 Å². The van der Waals surface area contributed by atoms with Crippen LogP contribution in [0, 0.1) is 0 Å². The van der Waals surface area contributed by atoms with E-state index in [9.17, 15) is 14.4 Å². The molecule has 0 atom stereocenters. The van der Waals surface area contributed by atoms with Gasteiger partial charge >= 0.3 is 0 Å². The molecular weight excluding hydrogens is 518 g/mol. The molecule has 3 amide bonds. The molecule has 0 spiro atoms. The number of aromatic nitrogens is 2. The monoisotopic (exact) mass is 541 g/mol. The van der Waals surface area contributed by atoms with Crippen molar-refractivity contribution < 1.29 is 14.4 Å². The van der Waals surface area contributed by atoms with E-state index in [0.717, 1.165) is 17.8 Å². The Morgan fingerprint density at radius 3 is 2.58 bits per heavy atom. The Balaban J connectivity index is 1.31. The third kappa shape index (κ3) is 6.13. The number of carbonyl (C=O) groups excluding carboxylic acids is 3. The molecule has 2 N–H and O–H groups in total. The number of thiazole rings is 1. The molecule has 0 aliphatic carbocycles. The Kier molecular flexibility index (Phi) is 8.74. The number of halogens is 1. The summed E-state index contributed by atoms with van der Waals surface area (Å²) in [6.07, 6.45) is 4.97. The lowest BCUT2D eigenvalue weighted by Gasteiger charge is -2.31. The number of rotatable bonds is 7. The summed E-state index contributed by atoms with van der Waals surface area (Å²) in [4.78, 5) is 48.5. The third-order valence-electron chi connectivity index (χ3n) is 5.63. The van der Waals surface area contributed by atoms with Gasteiger partial charge in [-0.3, -0.25) is 25.2 Å².